The number of ether oxygens (including phenoxy) is 1. The van der Waals surface area contributed by atoms with Crippen molar-refractivity contribution in [3.8, 4) is 11.1 Å². The standard InChI is InChI=1S/C23H25FN2O3/c1-25-22(28)23(15-26(12-13-29-23)21(27)19-6-7-19)14-16-2-4-17(5-3-16)18-8-10-20(24)11-9-18/h2-5,8-11,19H,6-7,12-15H2,1H3,(H,25,28)/t23-/m0/s1. The number of rotatable bonds is 5. The molecule has 1 aliphatic carbocycles. The number of morpholine rings is 1. The number of nitrogens with zero attached hydrogens (tertiary/aromatic N) is 1. The maximum Gasteiger partial charge on any atom is 0.254 e. The van der Waals surface area contributed by atoms with Crippen LogP contribution in [0.2, 0.25) is 0 Å². The molecule has 2 amide bonds. The number of hydrogen-bond acceptors (Lipinski definition) is 3. The summed E-state index contributed by atoms with van der Waals surface area (Å²) in [6.45, 7) is 1.14. The Morgan fingerprint density at radius 1 is 1.10 bits per heavy atom. The lowest BCUT2D eigenvalue weighted by Gasteiger charge is -2.41. The highest BCUT2D eigenvalue weighted by atomic mass is 19.1. The van der Waals surface area contributed by atoms with Gasteiger partial charge in [0.25, 0.3) is 5.91 Å². The topological polar surface area (TPSA) is 58.6 Å². The van der Waals surface area contributed by atoms with Crippen LogP contribution in [-0.2, 0) is 20.7 Å². The smallest absolute Gasteiger partial charge is 0.254 e. The third-order valence-corrected chi connectivity index (χ3v) is 5.69. The van der Waals surface area contributed by atoms with Crippen LogP contribution in [-0.4, -0.2) is 49.1 Å². The predicted octanol–water partition coefficient (Wildman–Crippen LogP) is 2.79. The van der Waals surface area contributed by atoms with Crippen LogP contribution in [0.5, 0.6) is 0 Å². The number of likely N-dealkylation sites (N-methyl/N-ethyl adjacent to an activating group) is 1. The van der Waals surface area contributed by atoms with Crippen molar-refractivity contribution in [3.63, 3.8) is 0 Å². The molecule has 1 atom stereocenters. The fourth-order valence-corrected chi connectivity index (χ4v) is 3.90. The molecule has 0 bridgehead atoms. The summed E-state index contributed by atoms with van der Waals surface area (Å²) in [6, 6.07) is 14.2. The van der Waals surface area contributed by atoms with Crippen molar-refractivity contribution in [2.75, 3.05) is 26.7 Å². The molecule has 4 rings (SSSR count). The Hall–Kier alpha value is -2.73. The molecule has 0 aromatic heterocycles. The number of hydrogen-bond donors (Lipinski definition) is 1. The van der Waals surface area contributed by atoms with Crippen LogP contribution in [0.4, 0.5) is 4.39 Å². The average molecular weight is 396 g/mol. The summed E-state index contributed by atoms with van der Waals surface area (Å²) < 4.78 is 19.1. The molecule has 0 radical (unpaired) electrons. The Morgan fingerprint density at radius 2 is 1.72 bits per heavy atom. The third-order valence-electron chi connectivity index (χ3n) is 5.69. The second kappa shape index (κ2) is 7.95. The van der Waals surface area contributed by atoms with Crippen LogP contribution in [0.15, 0.2) is 48.5 Å². The van der Waals surface area contributed by atoms with Crippen molar-refractivity contribution >= 4 is 11.8 Å². The highest BCUT2D eigenvalue weighted by Crippen LogP contribution is 2.33. The van der Waals surface area contributed by atoms with Crippen molar-refractivity contribution < 1.29 is 18.7 Å². The first-order chi connectivity index (χ1) is 14.0. The molecule has 1 saturated heterocycles. The van der Waals surface area contributed by atoms with Crippen LogP contribution in [0.3, 0.4) is 0 Å². The normalized spacial score (nSPS) is 21.7. The zero-order valence-corrected chi connectivity index (χ0v) is 16.5. The Balaban J connectivity index is 1.54. The molecule has 6 heteroatoms. The maximum atomic E-state index is 13.1. The van der Waals surface area contributed by atoms with E-state index in [0.717, 1.165) is 29.5 Å². The third kappa shape index (κ3) is 4.17. The van der Waals surface area contributed by atoms with Gasteiger partial charge in [-0.15, -0.1) is 0 Å². The van der Waals surface area contributed by atoms with Gasteiger partial charge < -0.3 is 15.0 Å². The maximum absolute atomic E-state index is 13.1. The van der Waals surface area contributed by atoms with E-state index in [0.29, 0.717) is 19.6 Å². The highest BCUT2D eigenvalue weighted by Gasteiger charge is 2.46. The Morgan fingerprint density at radius 3 is 2.31 bits per heavy atom. The lowest BCUT2D eigenvalue weighted by Crippen LogP contribution is -2.61. The predicted molar refractivity (Wildman–Crippen MR) is 108 cm³/mol. The highest BCUT2D eigenvalue weighted by molar-refractivity contribution is 5.88. The Labute approximate surface area is 169 Å². The minimum atomic E-state index is -1.09. The largest absolute Gasteiger partial charge is 0.361 e. The van der Waals surface area contributed by atoms with E-state index < -0.39 is 5.60 Å². The van der Waals surface area contributed by atoms with Crippen molar-refractivity contribution in [2.45, 2.75) is 24.9 Å². The lowest BCUT2D eigenvalue weighted by atomic mass is 9.90. The zero-order chi connectivity index (χ0) is 20.4. The Bertz CT molecular complexity index is 893. The summed E-state index contributed by atoms with van der Waals surface area (Å²) in [4.78, 5) is 27.1. The number of amides is 2. The van der Waals surface area contributed by atoms with Gasteiger partial charge in [-0.25, -0.2) is 4.39 Å². The molecular formula is C23H25FN2O3. The van der Waals surface area contributed by atoms with Crippen LogP contribution in [0.1, 0.15) is 18.4 Å². The van der Waals surface area contributed by atoms with E-state index in [1.54, 1.807) is 24.1 Å². The van der Waals surface area contributed by atoms with Crippen molar-refractivity contribution in [1.82, 2.24) is 10.2 Å². The van der Waals surface area contributed by atoms with Gasteiger partial charge in [-0.05, 0) is 41.7 Å². The summed E-state index contributed by atoms with van der Waals surface area (Å²) in [5.74, 6) is -0.232. The first-order valence-corrected chi connectivity index (χ1v) is 10.0. The molecule has 29 heavy (non-hydrogen) atoms. The molecule has 0 unspecified atom stereocenters. The van der Waals surface area contributed by atoms with E-state index in [9.17, 15) is 14.0 Å². The first kappa shape index (κ1) is 19.6. The molecule has 2 aromatic rings. The van der Waals surface area contributed by atoms with Crippen molar-refractivity contribution in [1.29, 1.82) is 0 Å². The van der Waals surface area contributed by atoms with E-state index in [-0.39, 0.29) is 30.1 Å². The molecule has 5 nitrogen and oxygen atoms in total. The molecule has 2 aromatic carbocycles. The summed E-state index contributed by atoms with van der Waals surface area (Å²) in [6.07, 6.45) is 2.26. The minimum absolute atomic E-state index is 0.116. The zero-order valence-electron chi connectivity index (χ0n) is 16.5. The number of carbonyl (C=O) groups is 2. The fourth-order valence-electron chi connectivity index (χ4n) is 3.90. The van der Waals surface area contributed by atoms with Gasteiger partial charge in [-0.2, -0.15) is 0 Å². The molecular weight excluding hydrogens is 371 g/mol. The van der Waals surface area contributed by atoms with Crippen LogP contribution in [0.25, 0.3) is 11.1 Å². The summed E-state index contributed by atoms with van der Waals surface area (Å²) in [5, 5.41) is 2.71. The SMILES string of the molecule is CNC(=O)[C@]1(Cc2ccc(-c3ccc(F)cc3)cc2)CN(C(=O)C2CC2)CCO1. The molecule has 0 spiro atoms. The van der Waals surface area contributed by atoms with Gasteiger partial charge in [0.2, 0.25) is 5.91 Å². The molecule has 2 aliphatic rings. The van der Waals surface area contributed by atoms with Gasteiger partial charge in [-0.1, -0.05) is 36.4 Å². The quantitative estimate of drug-likeness (QED) is 0.846. The van der Waals surface area contributed by atoms with Gasteiger partial charge in [0.05, 0.1) is 13.2 Å². The summed E-state index contributed by atoms with van der Waals surface area (Å²) in [7, 11) is 1.59. The molecule has 1 aliphatic heterocycles. The van der Waals surface area contributed by atoms with Gasteiger partial charge in [0, 0.05) is 25.9 Å². The van der Waals surface area contributed by atoms with Crippen LogP contribution >= 0.6 is 0 Å². The average Bonchev–Trinajstić information content (AvgIpc) is 3.59. The first-order valence-electron chi connectivity index (χ1n) is 10.0. The van der Waals surface area contributed by atoms with Gasteiger partial charge in [0.15, 0.2) is 5.60 Å². The molecule has 2 fully saturated rings. The van der Waals surface area contributed by atoms with Crippen LogP contribution in [0, 0.1) is 11.7 Å². The van der Waals surface area contributed by atoms with E-state index in [4.69, 9.17) is 4.74 Å². The number of nitrogens with one attached hydrogen (secondary N) is 1. The van der Waals surface area contributed by atoms with E-state index in [1.165, 1.54) is 12.1 Å². The van der Waals surface area contributed by atoms with Crippen LogP contribution < -0.4 is 5.32 Å². The van der Waals surface area contributed by atoms with E-state index >= 15 is 0 Å². The fraction of sp³-hybridized carbons (Fsp3) is 0.391. The second-order valence-electron chi connectivity index (χ2n) is 7.84. The van der Waals surface area contributed by atoms with Gasteiger partial charge in [0.1, 0.15) is 5.82 Å². The number of benzene rings is 2. The molecule has 1 N–H and O–H groups in total. The van der Waals surface area contributed by atoms with E-state index in [2.05, 4.69) is 5.32 Å². The minimum Gasteiger partial charge on any atom is -0.361 e. The number of halogens is 1. The number of carbonyl (C=O) groups excluding carboxylic acids is 2. The van der Waals surface area contributed by atoms with Crippen molar-refractivity contribution in [2.24, 2.45) is 5.92 Å². The second-order valence-corrected chi connectivity index (χ2v) is 7.84. The van der Waals surface area contributed by atoms with Crippen molar-refractivity contribution in [3.05, 3.63) is 59.9 Å². The lowest BCUT2D eigenvalue weighted by molar-refractivity contribution is -0.166. The molecule has 1 heterocycles. The molecule has 1 saturated carbocycles. The molecule has 152 valence electrons. The summed E-state index contributed by atoms with van der Waals surface area (Å²) >= 11 is 0. The van der Waals surface area contributed by atoms with Gasteiger partial charge in [-0.3, -0.25) is 9.59 Å². The monoisotopic (exact) mass is 396 g/mol. The summed E-state index contributed by atoms with van der Waals surface area (Å²) in [5.41, 5.74) is 1.75. The van der Waals surface area contributed by atoms with Gasteiger partial charge >= 0.3 is 0 Å². The Kier molecular flexibility index (Phi) is 5.37. The van der Waals surface area contributed by atoms with E-state index in [1.807, 2.05) is 24.3 Å².